The number of fused-ring (bicyclic) bond motifs is 1. The first-order valence-corrected chi connectivity index (χ1v) is 9.00. The molecule has 0 saturated heterocycles. The third-order valence-corrected chi connectivity index (χ3v) is 3.71. The number of rotatable bonds is 3. The molecule has 0 aromatic heterocycles. The van der Waals surface area contributed by atoms with E-state index in [9.17, 15) is 13.2 Å². The maximum Gasteiger partial charge on any atom is 0.210 e. The van der Waals surface area contributed by atoms with Gasteiger partial charge in [0.05, 0.1) is 21.2 Å². The van der Waals surface area contributed by atoms with Crippen molar-refractivity contribution in [2.24, 2.45) is 0 Å². The predicted octanol–water partition coefficient (Wildman–Crippen LogP) is 1.41. The molecule has 0 N–H and O–H groups in total. The zero-order chi connectivity index (χ0) is 12.5. The fourth-order valence-electron chi connectivity index (χ4n) is 1.46. The van der Waals surface area contributed by atoms with Crippen LogP contribution in [0, 0.1) is 0 Å². The largest absolute Gasteiger partial charge is 0.486 e. The zero-order valence-electron chi connectivity index (χ0n) is 8.68. The second-order valence-electron chi connectivity index (χ2n) is 3.46. The average Bonchev–Trinajstić information content (AvgIpc) is 2.26. The molecular weight excluding hydrogens is 359 g/mol. The van der Waals surface area contributed by atoms with Crippen LogP contribution in [-0.4, -0.2) is 33.2 Å². The fraction of sp³-hybridized carbons (Fsp3) is 0.300. The van der Waals surface area contributed by atoms with E-state index in [-0.39, 0.29) is 0 Å². The second-order valence-corrected chi connectivity index (χ2v) is 8.86. The van der Waals surface area contributed by atoms with Crippen LogP contribution in [0.3, 0.4) is 0 Å². The highest BCUT2D eigenvalue weighted by Gasteiger charge is 2.18. The summed E-state index contributed by atoms with van der Waals surface area (Å²) in [7, 11) is -3.34. The van der Waals surface area contributed by atoms with E-state index in [1.165, 1.54) is 33.3 Å². The van der Waals surface area contributed by atoms with Crippen molar-refractivity contribution in [1.29, 1.82) is 0 Å². The predicted molar refractivity (Wildman–Crippen MR) is 69.6 cm³/mol. The number of halogens is 1. The standard InChI is InChI=1S/C10H9IO5S/c11-17(13,14)6-8(12)7-1-2-9-10(5-7)16-4-3-15-9/h1-2,5H,3-4,6H2. The first-order chi connectivity index (χ1) is 7.96. The summed E-state index contributed by atoms with van der Waals surface area (Å²) in [4.78, 5) is 11.7. The molecule has 0 amide bonds. The van der Waals surface area contributed by atoms with Gasteiger partial charge >= 0.3 is 0 Å². The lowest BCUT2D eigenvalue weighted by atomic mass is 10.1. The van der Waals surface area contributed by atoms with Crippen molar-refractivity contribution in [3.63, 3.8) is 0 Å². The highest BCUT2D eigenvalue weighted by atomic mass is 127. The second kappa shape index (κ2) is 4.81. The van der Waals surface area contributed by atoms with Crippen molar-refractivity contribution in [3.8, 4) is 11.5 Å². The summed E-state index contributed by atoms with van der Waals surface area (Å²) >= 11 is 1.26. The summed E-state index contributed by atoms with van der Waals surface area (Å²) in [5.41, 5.74) is 0.314. The molecule has 1 aromatic carbocycles. The number of ether oxygens (including phenoxy) is 2. The molecule has 5 nitrogen and oxygen atoms in total. The molecule has 0 bridgehead atoms. The van der Waals surface area contributed by atoms with Crippen LogP contribution >= 0.6 is 21.2 Å². The lowest BCUT2D eigenvalue weighted by Crippen LogP contribution is -2.16. The van der Waals surface area contributed by atoms with Crippen LogP contribution in [0.4, 0.5) is 0 Å². The molecule has 17 heavy (non-hydrogen) atoms. The Kier molecular flexibility index (Phi) is 3.57. The maximum absolute atomic E-state index is 11.7. The Morgan fingerprint density at radius 1 is 1.24 bits per heavy atom. The molecule has 0 radical (unpaired) electrons. The molecule has 0 saturated carbocycles. The third kappa shape index (κ3) is 3.32. The van der Waals surface area contributed by atoms with Gasteiger partial charge in [0.25, 0.3) is 0 Å². The van der Waals surface area contributed by atoms with Gasteiger partial charge in [-0.2, -0.15) is 0 Å². The summed E-state index contributed by atoms with van der Waals surface area (Å²) in [6.45, 7) is 0.900. The van der Waals surface area contributed by atoms with Gasteiger partial charge < -0.3 is 9.47 Å². The van der Waals surface area contributed by atoms with Crippen LogP contribution in [0.25, 0.3) is 0 Å². The zero-order valence-corrected chi connectivity index (χ0v) is 11.7. The summed E-state index contributed by atoms with van der Waals surface area (Å²) in [6, 6.07) is 4.66. The summed E-state index contributed by atoms with van der Waals surface area (Å²) in [6.07, 6.45) is 0. The number of hydrogen-bond donors (Lipinski definition) is 0. The van der Waals surface area contributed by atoms with Gasteiger partial charge in [0, 0.05) is 5.56 Å². The molecule has 0 spiro atoms. The lowest BCUT2D eigenvalue weighted by molar-refractivity contribution is 0.102. The third-order valence-electron chi connectivity index (χ3n) is 2.17. The van der Waals surface area contributed by atoms with Gasteiger partial charge in [0.2, 0.25) is 7.01 Å². The Bertz CT molecular complexity index is 552. The van der Waals surface area contributed by atoms with Gasteiger partial charge in [-0.1, -0.05) is 0 Å². The van der Waals surface area contributed by atoms with Crippen LogP contribution in [0.5, 0.6) is 11.5 Å². The maximum atomic E-state index is 11.7. The Labute approximate surface area is 111 Å². The Hall–Kier alpha value is -0.830. The van der Waals surface area contributed by atoms with E-state index in [1.807, 2.05) is 0 Å². The van der Waals surface area contributed by atoms with E-state index in [1.54, 1.807) is 6.07 Å². The highest BCUT2D eigenvalue weighted by Crippen LogP contribution is 2.31. The molecule has 1 aromatic rings. The fourth-order valence-corrected chi connectivity index (χ4v) is 2.79. The topological polar surface area (TPSA) is 69.7 Å². The van der Waals surface area contributed by atoms with Gasteiger partial charge in [-0.3, -0.25) is 4.79 Å². The van der Waals surface area contributed by atoms with Gasteiger partial charge in [0.1, 0.15) is 19.0 Å². The Morgan fingerprint density at radius 3 is 2.53 bits per heavy atom. The van der Waals surface area contributed by atoms with Crippen molar-refractivity contribution in [1.82, 2.24) is 0 Å². The quantitative estimate of drug-likeness (QED) is 0.458. The van der Waals surface area contributed by atoms with Crippen LogP contribution in [0.2, 0.25) is 0 Å². The summed E-state index contributed by atoms with van der Waals surface area (Å²) in [5, 5.41) is 0. The van der Waals surface area contributed by atoms with Gasteiger partial charge in [-0.15, -0.1) is 0 Å². The molecule has 0 fully saturated rings. The Balaban J connectivity index is 2.25. The van der Waals surface area contributed by atoms with Crippen LogP contribution in [0.15, 0.2) is 18.2 Å². The minimum absolute atomic E-state index is 0.314. The monoisotopic (exact) mass is 368 g/mol. The van der Waals surface area contributed by atoms with E-state index in [0.717, 1.165) is 0 Å². The van der Waals surface area contributed by atoms with Crippen LogP contribution in [-0.2, 0) is 7.01 Å². The highest BCUT2D eigenvalue weighted by molar-refractivity contribution is 14.2. The van der Waals surface area contributed by atoms with E-state index < -0.39 is 18.5 Å². The summed E-state index contributed by atoms with van der Waals surface area (Å²) < 4.78 is 32.6. The molecule has 0 aliphatic carbocycles. The molecule has 0 atom stereocenters. The van der Waals surface area contributed by atoms with Crippen LogP contribution < -0.4 is 9.47 Å². The van der Waals surface area contributed by atoms with Crippen molar-refractivity contribution in [2.45, 2.75) is 0 Å². The first kappa shape index (κ1) is 12.6. The molecule has 2 rings (SSSR count). The molecule has 0 unspecified atom stereocenters. The van der Waals surface area contributed by atoms with Crippen molar-refractivity contribution in [2.75, 3.05) is 19.0 Å². The lowest BCUT2D eigenvalue weighted by Gasteiger charge is -2.18. The number of ketones is 1. The van der Waals surface area contributed by atoms with Crippen molar-refractivity contribution in [3.05, 3.63) is 23.8 Å². The number of benzene rings is 1. The normalized spacial score (nSPS) is 14.4. The average molecular weight is 368 g/mol. The Morgan fingerprint density at radius 2 is 1.88 bits per heavy atom. The molecule has 1 aliphatic rings. The van der Waals surface area contributed by atoms with Crippen LogP contribution in [0.1, 0.15) is 10.4 Å². The molecule has 7 heteroatoms. The smallest absolute Gasteiger partial charge is 0.210 e. The van der Waals surface area contributed by atoms with E-state index in [4.69, 9.17) is 9.47 Å². The van der Waals surface area contributed by atoms with Gasteiger partial charge in [0.15, 0.2) is 17.3 Å². The number of hydrogen-bond acceptors (Lipinski definition) is 5. The minimum atomic E-state index is -3.34. The molecule has 1 heterocycles. The number of Topliss-reactive ketones (excluding diaryl/α,β-unsaturated/α-hetero) is 1. The van der Waals surface area contributed by atoms with E-state index in [0.29, 0.717) is 30.3 Å². The van der Waals surface area contributed by atoms with Gasteiger partial charge in [-0.25, -0.2) is 8.42 Å². The van der Waals surface area contributed by atoms with Gasteiger partial charge in [-0.05, 0) is 18.2 Å². The molecule has 92 valence electrons. The summed E-state index contributed by atoms with van der Waals surface area (Å²) in [5.74, 6) is 0.0992. The van der Waals surface area contributed by atoms with E-state index in [2.05, 4.69) is 0 Å². The van der Waals surface area contributed by atoms with Crippen molar-refractivity contribution < 1.29 is 22.7 Å². The molecule has 1 aliphatic heterocycles. The van der Waals surface area contributed by atoms with E-state index >= 15 is 0 Å². The first-order valence-electron chi connectivity index (χ1n) is 4.81. The van der Waals surface area contributed by atoms with Crippen molar-refractivity contribution >= 4 is 34.0 Å². The number of carbonyl (C=O) groups excluding carboxylic acids is 1. The minimum Gasteiger partial charge on any atom is -0.486 e. The molecular formula is C10H9IO5S. The SMILES string of the molecule is O=C(CS(=O)(=O)I)c1ccc2c(c1)OCCO2. The number of carbonyl (C=O) groups is 1.